The van der Waals surface area contributed by atoms with Crippen LogP contribution in [0.15, 0.2) is 58.1 Å². The van der Waals surface area contributed by atoms with E-state index >= 15 is 0 Å². The van der Waals surface area contributed by atoms with Gasteiger partial charge >= 0.3 is 0 Å². The number of hydrogen-bond acceptors (Lipinski definition) is 7. The maximum atomic E-state index is 13.5. The maximum Gasteiger partial charge on any atom is 0.287 e. The molecule has 2 atom stereocenters. The van der Waals surface area contributed by atoms with E-state index in [-0.39, 0.29) is 36.1 Å². The molecule has 2 unspecified atom stereocenters. The van der Waals surface area contributed by atoms with E-state index in [2.05, 4.69) is 15.6 Å². The van der Waals surface area contributed by atoms with Crippen LogP contribution in [0.1, 0.15) is 43.7 Å². The molecule has 0 aliphatic carbocycles. The smallest absolute Gasteiger partial charge is 0.287 e. The molecule has 1 saturated heterocycles. The number of Topliss-reactive ketones (excluding diaryl/α,β-unsaturated/α-hetero) is 1. The second kappa shape index (κ2) is 11.4. The van der Waals surface area contributed by atoms with Gasteiger partial charge in [-0.25, -0.2) is 17.8 Å². The molecule has 1 aliphatic heterocycles. The average molecular weight is 545 g/mol. The third kappa shape index (κ3) is 6.25. The van der Waals surface area contributed by atoms with Crippen LogP contribution in [0.4, 0.5) is 4.39 Å². The second-order valence-corrected chi connectivity index (χ2v) is 11.5. The van der Waals surface area contributed by atoms with Gasteiger partial charge in [-0.05, 0) is 61.6 Å². The number of fused-ring (bicyclic) bond motifs is 1. The average Bonchev–Trinajstić information content (AvgIpc) is 3.21. The van der Waals surface area contributed by atoms with Crippen molar-refractivity contribution in [1.29, 1.82) is 0 Å². The summed E-state index contributed by atoms with van der Waals surface area (Å²) < 4.78 is 45.9. The number of nitrogens with one attached hydrogen (secondary N) is 2. The number of sulfonamides is 1. The minimum Gasteiger partial charge on any atom is -0.451 e. The first kappa shape index (κ1) is 27.4. The molecular formula is C26H29FN4O6S. The molecule has 1 aromatic carbocycles. The summed E-state index contributed by atoms with van der Waals surface area (Å²) in [5.74, 6) is -2.19. The van der Waals surface area contributed by atoms with E-state index in [1.54, 1.807) is 12.1 Å². The van der Waals surface area contributed by atoms with Crippen molar-refractivity contribution in [2.45, 2.75) is 50.2 Å². The Morgan fingerprint density at radius 2 is 2.00 bits per heavy atom. The largest absolute Gasteiger partial charge is 0.451 e. The molecule has 12 heteroatoms. The lowest BCUT2D eigenvalue weighted by molar-refractivity contribution is -0.129. The summed E-state index contributed by atoms with van der Waals surface area (Å²) in [6.07, 6.45) is 2.24. The van der Waals surface area contributed by atoms with Crippen molar-refractivity contribution in [3.63, 3.8) is 0 Å². The normalized spacial score (nSPS) is 17.8. The van der Waals surface area contributed by atoms with Crippen molar-refractivity contribution in [3.8, 4) is 0 Å². The number of aromatic nitrogens is 1. The molecule has 1 aliphatic rings. The number of pyridine rings is 1. The molecule has 1 fully saturated rings. The SMILES string of the molecule is CC(C)CC(NC(=O)c1cc2cc(F)ccc2o1)C(=O)NC1CCCN(S(=O)(=O)c2ccccn2)CC1=O. The first-order chi connectivity index (χ1) is 18.0. The van der Waals surface area contributed by atoms with Crippen molar-refractivity contribution < 1.29 is 31.6 Å². The van der Waals surface area contributed by atoms with Gasteiger partial charge in [0.1, 0.15) is 17.4 Å². The van der Waals surface area contributed by atoms with Crippen LogP contribution in [0.3, 0.4) is 0 Å². The zero-order chi connectivity index (χ0) is 27.4. The highest BCUT2D eigenvalue weighted by molar-refractivity contribution is 7.89. The molecule has 38 heavy (non-hydrogen) atoms. The topological polar surface area (TPSA) is 139 Å². The molecule has 0 saturated carbocycles. The third-order valence-corrected chi connectivity index (χ3v) is 7.97. The van der Waals surface area contributed by atoms with Gasteiger partial charge in [0, 0.05) is 18.1 Å². The Morgan fingerprint density at radius 3 is 2.71 bits per heavy atom. The van der Waals surface area contributed by atoms with Gasteiger partial charge in [0.05, 0.1) is 12.6 Å². The monoisotopic (exact) mass is 544 g/mol. The predicted octanol–water partition coefficient (Wildman–Crippen LogP) is 2.65. The quantitative estimate of drug-likeness (QED) is 0.445. The van der Waals surface area contributed by atoms with Crippen LogP contribution in [0.25, 0.3) is 11.0 Å². The molecular weight excluding hydrogens is 515 g/mol. The minimum atomic E-state index is -3.97. The van der Waals surface area contributed by atoms with Gasteiger partial charge in [0.2, 0.25) is 5.91 Å². The van der Waals surface area contributed by atoms with Crippen LogP contribution in [-0.2, 0) is 19.6 Å². The highest BCUT2D eigenvalue weighted by atomic mass is 32.2. The number of ketones is 1. The summed E-state index contributed by atoms with van der Waals surface area (Å²) in [7, 11) is -3.97. The van der Waals surface area contributed by atoms with Crippen molar-refractivity contribution in [1.82, 2.24) is 19.9 Å². The van der Waals surface area contributed by atoms with E-state index in [0.29, 0.717) is 17.4 Å². The Morgan fingerprint density at radius 1 is 1.21 bits per heavy atom. The highest BCUT2D eigenvalue weighted by Gasteiger charge is 2.35. The molecule has 0 spiro atoms. The third-order valence-electron chi connectivity index (χ3n) is 6.21. The summed E-state index contributed by atoms with van der Waals surface area (Å²) in [6.45, 7) is 3.47. The van der Waals surface area contributed by atoms with Crippen molar-refractivity contribution >= 4 is 38.6 Å². The molecule has 2 amide bonds. The molecule has 3 aromatic rings. The first-order valence-corrected chi connectivity index (χ1v) is 13.7. The van der Waals surface area contributed by atoms with Gasteiger partial charge in [0.25, 0.3) is 15.9 Å². The molecule has 3 heterocycles. The highest BCUT2D eigenvalue weighted by Crippen LogP contribution is 2.21. The Bertz CT molecular complexity index is 1440. The molecule has 0 radical (unpaired) electrons. The fourth-order valence-corrected chi connectivity index (χ4v) is 5.69. The predicted molar refractivity (Wildman–Crippen MR) is 136 cm³/mol. The Labute approximate surface area is 219 Å². The number of amides is 2. The van der Waals surface area contributed by atoms with Crippen LogP contribution >= 0.6 is 0 Å². The van der Waals surface area contributed by atoms with Gasteiger partial charge in [-0.3, -0.25) is 14.4 Å². The lowest BCUT2D eigenvalue weighted by Crippen LogP contribution is -2.52. The van der Waals surface area contributed by atoms with E-state index in [0.717, 1.165) is 4.31 Å². The van der Waals surface area contributed by atoms with Crippen molar-refractivity contribution in [3.05, 3.63) is 60.2 Å². The molecule has 0 bridgehead atoms. The van der Waals surface area contributed by atoms with Crippen LogP contribution in [-0.4, -0.2) is 60.5 Å². The van der Waals surface area contributed by atoms with Crippen molar-refractivity contribution in [2.24, 2.45) is 5.92 Å². The number of carbonyl (C=O) groups excluding carboxylic acids is 3. The number of hydrogen-bond donors (Lipinski definition) is 2. The molecule has 202 valence electrons. The first-order valence-electron chi connectivity index (χ1n) is 12.3. The Kier molecular flexibility index (Phi) is 8.22. The number of carbonyl (C=O) groups is 3. The Hall–Kier alpha value is -3.64. The van der Waals surface area contributed by atoms with E-state index in [4.69, 9.17) is 4.42 Å². The lowest BCUT2D eigenvalue weighted by Gasteiger charge is -2.23. The Balaban J connectivity index is 1.44. The van der Waals surface area contributed by atoms with E-state index < -0.39 is 52.1 Å². The summed E-state index contributed by atoms with van der Waals surface area (Å²) in [5.41, 5.74) is 0.329. The zero-order valence-electron chi connectivity index (χ0n) is 21.0. The number of nitrogens with zero attached hydrogens (tertiary/aromatic N) is 2. The van der Waals surface area contributed by atoms with E-state index in [1.165, 1.54) is 36.5 Å². The number of furan rings is 1. The van der Waals surface area contributed by atoms with Crippen LogP contribution in [0.5, 0.6) is 0 Å². The maximum absolute atomic E-state index is 13.5. The van der Waals surface area contributed by atoms with Crippen LogP contribution < -0.4 is 10.6 Å². The van der Waals surface area contributed by atoms with Gasteiger partial charge in [0.15, 0.2) is 16.6 Å². The summed E-state index contributed by atoms with van der Waals surface area (Å²) in [6, 6.07) is 7.88. The molecule has 4 rings (SSSR count). The number of rotatable bonds is 8. The molecule has 2 aromatic heterocycles. The summed E-state index contributed by atoms with van der Waals surface area (Å²) >= 11 is 0. The van der Waals surface area contributed by atoms with Crippen LogP contribution in [0, 0.1) is 11.7 Å². The van der Waals surface area contributed by atoms with E-state index in [1.807, 2.05) is 13.8 Å². The van der Waals surface area contributed by atoms with Gasteiger partial charge < -0.3 is 15.1 Å². The van der Waals surface area contributed by atoms with Crippen molar-refractivity contribution in [2.75, 3.05) is 13.1 Å². The van der Waals surface area contributed by atoms with Gasteiger partial charge in [-0.1, -0.05) is 19.9 Å². The fourth-order valence-electron chi connectivity index (χ4n) is 4.32. The number of benzene rings is 1. The lowest BCUT2D eigenvalue weighted by atomic mass is 10.0. The fraction of sp³-hybridized carbons (Fsp3) is 0.385. The second-order valence-electron chi connectivity index (χ2n) is 9.62. The summed E-state index contributed by atoms with van der Waals surface area (Å²) in [5, 5.41) is 5.61. The standard InChI is InChI=1S/C26H29FN4O6S/c1-16(2)12-20(30-26(34)23-14-17-13-18(27)8-9-22(17)37-23)25(33)29-19-6-5-11-31(15-21(19)32)38(35,36)24-7-3-4-10-28-24/h3-4,7-10,13-14,16,19-20H,5-6,11-12,15H2,1-2H3,(H,29,33)(H,30,34). The van der Waals surface area contributed by atoms with Crippen LogP contribution in [0.2, 0.25) is 0 Å². The van der Waals surface area contributed by atoms with Gasteiger partial charge in [-0.2, -0.15) is 4.31 Å². The minimum absolute atomic E-state index is 0.0275. The molecule has 2 N–H and O–H groups in total. The summed E-state index contributed by atoms with van der Waals surface area (Å²) in [4.78, 5) is 42.9. The van der Waals surface area contributed by atoms with Gasteiger partial charge in [-0.15, -0.1) is 0 Å². The zero-order valence-corrected chi connectivity index (χ0v) is 21.8. The number of halogens is 1. The molecule has 10 nitrogen and oxygen atoms in total. The van der Waals surface area contributed by atoms with E-state index in [9.17, 15) is 27.2 Å².